The molecule has 32 heavy (non-hydrogen) atoms. The lowest BCUT2D eigenvalue weighted by atomic mass is 9.76. The van der Waals surface area contributed by atoms with Crippen molar-refractivity contribution < 1.29 is 0 Å². The van der Waals surface area contributed by atoms with E-state index in [0.29, 0.717) is 20.8 Å². The Morgan fingerprint density at radius 3 is 2.59 bits per heavy atom. The molecule has 8 nitrogen and oxygen atoms in total. The van der Waals surface area contributed by atoms with E-state index in [0.717, 1.165) is 45.1 Å². The molecule has 1 saturated heterocycles. The summed E-state index contributed by atoms with van der Waals surface area (Å²) in [5.41, 5.74) is 9.08. The number of nitrogens with zero attached hydrogens (tertiary/aromatic N) is 5. The van der Waals surface area contributed by atoms with Gasteiger partial charge in [0.05, 0.1) is 16.3 Å². The van der Waals surface area contributed by atoms with Crippen molar-refractivity contribution in [1.29, 1.82) is 10.8 Å². The van der Waals surface area contributed by atoms with Crippen LogP contribution in [-0.4, -0.2) is 38.9 Å². The van der Waals surface area contributed by atoms with Gasteiger partial charge in [-0.05, 0) is 54.4 Å². The van der Waals surface area contributed by atoms with E-state index in [4.69, 9.17) is 28.2 Å². The normalized spacial score (nSPS) is 16.8. The second-order valence-corrected chi connectivity index (χ2v) is 9.83. The minimum absolute atomic E-state index is 0.195. The zero-order valence-corrected chi connectivity index (χ0v) is 19.0. The van der Waals surface area contributed by atoms with Crippen LogP contribution < -0.4 is 16.1 Å². The second kappa shape index (κ2) is 8.22. The van der Waals surface area contributed by atoms with Crippen molar-refractivity contribution in [2.45, 2.75) is 35.5 Å². The standard InChI is InChI=1S/C22H23ClN8S/c23-18-16(2-6-28-19(18)25)32-17-12-29-21(31(13-24)20(17)26)30-7-3-22(4-8-30)9-14-1-5-27-11-15(14)10-22/h1-2,5-6,11-13,24,26H,3-4,7-10H2,(H2,25,28). The number of piperidine rings is 1. The van der Waals surface area contributed by atoms with Gasteiger partial charge in [0.25, 0.3) is 0 Å². The number of fused-ring (bicyclic) bond motifs is 1. The Hall–Kier alpha value is -2.91. The van der Waals surface area contributed by atoms with Crippen LogP contribution in [0.2, 0.25) is 5.02 Å². The summed E-state index contributed by atoms with van der Waals surface area (Å²) < 4.78 is 1.52. The summed E-state index contributed by atoms with van der Waals surface area (Å²) in [5.74, 6) is 0.876. The number of nitrogens with two attached hydrogens (primary N) is 1. The molecule has 10 heteroatoms. The number of halogens is 1. The van der Waals surface area contributed by atoms with Gasteiger partial charge in [-0.1, -0.05) is 23.4 Å². The summed E-state index contributed by atoms with van der Waals surface area (Å²) in [6, 6.07) is 3.90. The molecule has 1 fully saturated rings. The molecule has 3 aromatic rings. The molecular weight excluding hydrogens is 444 g/mol. The van der Waals surface area contributed by atoms with E-state index in [9.17, 15) is 0 Å². The highest BCUT2D eigenvalue weighted by Gasteiger charge is 2.40. The average Bonchev–Trinajstić information content (AvgIpc) is 3.16. The molecule has 0 radical (unpaired) electrons. The number of rotatable bonds is 4. The highest BCUT2D eigenvalue weighted by atomic mass is 35.5. The molecule has 164 valence electrons. The van der Waals surface area contributed by atoms with Crippen molar-refractivity contribution in [2.75, 3.05) is 23.7 Å². The smallest absolute Gasteiger partial charge is 0.212 e. The highest BCUT2D eigenvalue weighted by Crippen LogP contribution is 2.44. The van der Waals surface area contributed by atoms with Crippen LogP contribution in [0, 0.1) is 16.2 Å². The zero-order valence-electron chi connectivity index (χ0n) is 17.4. The van der Waals surface area contributed by atoms with Gasteiger partial charge in [0, 0.05) is 42.8 Å². The molecule has 1 aliphatic carbocycles. The van der Waals surface area contributed by atoms with Crippen LogP contribution in [0.5, 0.6) is 0 Å². The van der Waals surface area contributed by atoms with Crippen molar-refractivity contribution >= 4 is 41.5 Å². The Balaban J connectivity index is 1.36. The maximum Gasteiger partial charge on any atom is 0.212 e. The molecule has 0 amide bonds. The number of aromatic nitrogens is 4. The lowest BCUT2D eigenvalue weighted by Crippen LogP contribution is -2.43. The van der Waals surface area contributed by atoms with Crippen LogP contribution in [0.3, 0.4) is 0 Å². The van der Waals surface area contributed by atoms with E-state index < -0.39 is 0 Å². The summed E-state index contributed by atoms with van der Waals surface area (Å²) >= 11 is 7.56. The average molecular weight is 467 g/mol. The molecule has 5 rings (SSSR count). The molecule has 4 heterocycles. The van der Waals surface area contributed by atoms with Gasteiger partial charge in [-0.2, -0.15) is 0 Å². The number of hydrogen-bond donors (Lipinski definition) is 3. The topological polar surface area (TPSA) is 121 Å². The monoisotopic (exact) mass is 466 g/mol. The van der Waals surface area contributed by atoms with E-state index >= 15 is 0 Å². The molecule has 0 bridgehead atoms. The fourth-order valence-corrected chi connectivity index (χ4v) is 5.81. The minimum atomic E-state index is 0.195. The number of nitrogen functional groups attached to an aromatic ring is 1. The predicted molar refractivity (Wildman–Crippen MR) is 126 cm³/mol. The van der Waals surface area contributed by atoms with Crippen LogP contribution in [0.15, 0.2) is 46.7 Å². The van der Waals surface area contributed by atoms with E-state index in [1.807, 2.05) is 12.4 Å². The third-order valence-corrected chi connectivity index (χ3v) is 8.05. The minimum Gasteiger partial charge on any atom is -0.382 e. The zero-order chi connectivity index (χ0) is 22.3. The van der Waals surface area contributed by atoms with Gasteiger partial charge < -0.3 is 10.6 Å². The van der Waals surface area contributed by atoms with E-state index in [1.165, 1.54) is 27.5 Å². The van der Waals surface area contributed by atoms with E-state index in [2.05, 4.69) is 25.9 Å². The highest BCUT2D eigenvalue weighted by molar-refractivity contribution is 7.99. The molecule has 0 unspecified atom stereocenters. The van der Waals surface area contributed by atoms with Crippen molar-refractivity contribution in [2.24, 2.45) is 5.41 Å². The first kappa shape index (κ1) is 21.0. The Labute approximate surface area is 194 Å². The summed E-state index contributed by atoms with van der Waals surface area (Å²) in [6.45, 7) is 1.70. The summed E-state index contributed by atoms with van der Waals surface area (Å²) in [6.07, 6.45) is 12.6. The first-order valence-electron chi connectivity index (χ1n) is 10.4. The third kappa shape index (κ3) is 3.65. The molecule has 3 aromatic heterocycles. The van der Waals surface area contributed by atoms with Gasteiger partial charge in [-0.25, -0.2) is 9.97 Å². The van der Waals surface area contributed by atoms with E-state index in [1.54, 1.807) is 18.5 Å². The molecule has 4 N–H and O–H groups in total. The third-order valence-electron chi connectivity index (χ3n) is 6.46. The summed E-state index contributed by atoms with van der Waals surface area (Å²) in [4.78, 5) is 16.4. The van der Waals surface area contributed by atoms with Crippen molar-refractivity contribution in [1.82, 2.24) is 19.5 Å². The molecule has 2 aliphatic rings. The van der Waals surface area contributed by atoms with Crippen molar-refractivity contribution in [3.8, 4) is 0 Å². The van der Waals surface area contributed by atoms with Crippen LogP contribution in [0.4, 0.5) is 11.8 Å². The molecule has 0 atom stereocenters. The number of anilines is 2. The predicted octanol–water partition coefficient (Wildman–Crippen LogP) is 3.38. The summed E-state index contributed by atoms with van der Waals surface area (Å²) in [5, 5.41) is 16.9. The largest absolute Gasteiger partial charge is 0.382 e. The fourth-order valence-electron chi connectivity index (χ4n) is 4.72. The fraction of sp³-hybridized carbons (Fsp3) is 0.318. The van der Waals surface area contributed by atoms with Gasteiger partial charge in [0.1, 0.15) is 11.3 Å². The van der Waals surface area contributed by atoms with Gasteiger partial charge in [-0.3, -0.25) is 20.4 Å². The maximum atomic E-state index is 8.66. The van der Waals surface area contributed by atoms with Crippen molar-refractivity contribution in [3.63, 3.8) is 0 Å². The van der Waals surface area contributed by atoms with Gasteiger partial charge in [-0.15, -0.1) is 0 Å². The second-order valence-electron chi connectivity index (χ2n) is 8.37. The van der Waals surface area contributed by atoms with Crippen LogP contribution in [-0.2, 0) is 12.8 Å². The first-order chi connectivity index (χ1) is 15.5. The number of hydrogen-bond acceptors (Lipinski definition) is 8. The van der Waals surface area contributed by atoms with Crippen LogP contribution in [0.25, 0.3) is 0 Å². The first-order valence-corrected chi connectivity index (χ1v) is 11.6. The lowest BCUT2D eigenvalue weighted by Gasteiger charge is -2.40. The molecule has 0 aromatic carbocycles. The SMILES string of the molecule is N=Cn1c(N2CCC3(CC2)Cc2ccncc2C3)ncc(Sc2ccnc(N)c2Cl)c1=N. The lowest BCUT2D eigenvalue weighted by molar-refractivity contribution is 0.231. The van der Waals surface area contributed by atoms with Crippen LogP contribution in [0.1, 0.15) is 24.0 Å². The van der Waals surface area contributed by atoms with Gasteiger partial charge in [0.15, 0.2) is 0 Å². The Bertz CT molecular complexity index is 1220. The number of nitrogens with one attached hydrogen (secondary N) is 2. The number of pyridine rings is 2. The summed E-state index contributed by atoms with van der Waals surface area (Å²) in [7, 11) is 0. The van der Waals surface area contributed by atoms with Gasteiger partial charge in [0.2, 0.25) is 5.95 Å². The maximum absolute atomic E-state index is 8.66. The molecule has 1 aliphatic heterocycles. The van der Waals surface area contributed by atoms with Crippen molar-refractivity contribution in [3.05, 3.63) is 58.6 Å². The molecule has 0 saturated carbocycles. The van der Waals surface area contributed by atoms with E-state index in [-0.39, 0.29) is 16.7 Å². The Morgan fingerprint density at radius 2 is 1.84 bits per heavy atom. The quantitative estimate of drug-likeness (QED) is 0.400. The Morgan fingerprint density at radius 1 is 1.06 bits per heavy atom. The Kier molecular flexibility index (Phi) is 5.38. The van der Waals surface area contributed by atoms with Gasteiger partial charge >= 0.3 is 0 Å². The van der Waals surface area contributed by atoms with Crippen LogP contribution >= 0.6 is 23.4 Å². The molecule has 1 spiro atoms. The molecular formula is C22H23ClN8S.